The first kappa shape index (κ1) is 18.7. The van der Waals surface area contributed by atoms with Crippen LogP contribution in [0.5, 0.6) is 0 Å². The lowest BCUT2D eigenvalue weighted by molar-refractivity contribution is 0.102. The number of nitrogens with one attached hydrogen (secondary N) is 1. The summed E-state index contributed by atoms with van der Waals surface area (Å²) in [7, 11) is 0. The molecule has 0 bridgehead atoms. The van der Waals surface area contributed by atoms with E-state index in [1.165, 1.54) is 23.3 Å². The van der Waals surface area contributed by atoms with Gasteiger partial charge < -0.3 is 5.32 Å². The van der Waals surface area contributed by atoms with Crippen LogP contribution < -0.4 is 5.32 Å². The van der Waals surface area contributed by atoms with Crippen molar-refractivity contribution in [3.8, 4) is 0 Å². The molecule has 0 atom stereocenters. The van der Waals surface area contributed by atoms with Gasteiger partial charge in [-0.1, -0.05) is 41.9 Å². The van der Waals surface area contributed by atoms with E-state index in [2.05, 4.69) is 16.3 Å². The number of carbonyl (C=O) groups excluding carboxylic acids is 1. The lowest BCUT2D eigenvalue weighted by atomic mass is 9.98. The Kier molecular flexibility index (Phi) is 5.42. The minimum atomic E-state index is -0.218. The number of amides is 1. The molecule has 0 aliphatic carbocycles. The Morgan fingerprint density at radius 1 is 1.04 bits per heavy atom. The molecular weight excluding hydrogens is 375 g/mol. The molecule has 1 aliphatic rings. The maximum absolute atomic E-state index is 13.1. The van der Waals surface area contributed by atoms with Crippen molar-refractivity contribution in [3.05, 3.63) is 99.8 Å². The van der Waals surface area contributed by atoms with Crippen LogP contribution in [0.15, 0.2) is 66.7 Å². The van der Waals surface area contributed by atoms with Crippen LogP contribution in [0.25, 0.3) is 0 Å². The highest BCUT2D eigenvalue weighted by Gasteiger charge is 2.18. The number of hydrogen-bond acceptors (Lipinski definition) is 2. The summed E-state index contributed by atoms with van der Waals surface area (Å²) in [6.07, 6.45) is 0.954. The average molecular weight is 395 g/mol. The number of anilines is 1. The van der Waals surface area contributed by atoms with E-state index in [4.69, 9.17) is 11.6 Å². The van der Waals surface area contributed by atoms with Crippen LogP contribution in [0.3, 0.4) is 0 Å². The highest BCUT2D eigenvalue weighted by Crippen LogP contribution is 2.25. The number of halogens is 2. The topological polar surface area (TPSA) is 32.3 Å². The lowest BCUT2D eigenvalue weighted by Crippen LogP contribution is -2.30. The van der Waals surface area contributed by atoms with E-state index in [0.29, 0.717) is 10.6 Å². The summed E-state index contributed by atoms with van der Waals surface area (Å²) in [6.45, 7) is 2.52. The predicted octanol–water partition coefficient (Wildman–Crippen LogP) is 5.29. The SMILES string of the molecule is O=C(Nc1ccc2c(c1)CN(Cc1ccc(F)cc1)CC2)c1ccccc1Cl. The van der Waals surface area contributed by atoms with Crippen LogP contribution in [0.1, 0.15) is 27.0 Å². The zero-order valence-corrected chi connectivity index (χ0v) is 16.0. The first-order chi connectivity index (χ1) is 13.6. The molecule has 142 valence electrons. The molecule has 3 nitrogen and oxygen atoms in total. The summed E-state index contributed by atoms with van der Waals surface area (Å²) in [6, 6.07) is 19.7. The van der Waals surface area contributed by atoms with Gasteiger partial charge in [0, 0.05) is 25.3 Å². The molecule has 1 amide bonds. The second-order valence-electron chi connectivity index (χ2n) is 7.00. The molecule has 0 saturated carbocycles. The van der Waals surface area contributed by atoms with Gasteiger partial charge in [-0.15, -0.1) is 0 Å². The smallest absolute Gasteiger partial charge is 0.257 e. The molecule has 0 saturated heterocycles. The zero-order valence-electron chi connectivity index (χ0n) is 15.3. The Balaban J connectivity index is 1.47. The van der Waals surface area contributed by atoms with E-state index in [1.54, 1.807) is 24.3 Å². The molecular formula is C23H20ClFN2O. The normalized spacial score (nSPS) is 13.8. The molecule has 1 aliphatic heterocycles. The first-order valence-corrected chi connectivity index (χ1v) is 9.61. The largest absolute Gasteiger partial charge is 0.322 e. The molecule has 0 unspecified atom stereocenters. The molecule has 1 N–H and O–H groups in total. The second kappa shape index (κ2) is 8.13. The third kappa shape index (κ3) is 4.24. The van der Waals surface area contributed by atoms with Gasteiger partial charge in [0.25, 0.3) is 5.91 Å². The van der Waals surface area contributed by atoms with Crippen molar-refractivity contribution < 1.29 is 9.18 Å². The van der Waals surface area contributed by atoms with Gasteiger partial charge in [0.1, 0.15) is 5.82 Å². The van der Waals surface area contributed by atoms with Crippen molar-refractivity contribution in [2.45, 2.75) is 19.5 Å². The third-order valence-electron chi connectivity index (χ3n) is 4.99. The Hall–Kier alpha value is -2.69. The molecule has 3 aromatic rings. The highest BCUT2D eigenvalue weighted by atomic mass is 35.5. The summed E-state index contributed by atoms with van der Waals surface area (Å²) in [5, 5.41) is 3.37. The number of benzene rings is 3. The molecule has 28 heavy (non-hydrogen) atoms. The molecule has 0 radical (unpaired) electrons. The monoisotopic (exact) mass is 394 g/mol. The highest BCUT2D eigenvalue weighted by molar-refractivity contribution is 6.34. The van der Waals surface area contributed by atoms with Crippen molar-refractivity contribution in [1.82, 2.24) is 4.90 Å². The van der Waals surface area contributed by atoms with Gasteiger partial charge in [-0.3, -0.25) is 9.69 Å². The van der Waals surface area contributed by atoms with Crippen molar-refractivity contribution in [1.29, 1.82) is 0 Å². The summed E-state index contributed by atoms with van der Waals surface area (Å²) in [5.74, 6) is -0.434. The summed E-state index contributed by atoms with van der Waals surface area (Å²) < 4.78 is 13.1. The Labute approximate surface area is 168 Å². The number of rotatable bonds is 4. The Morgan fingerprint density at radius 3 is 2.61 bits per heavy atom. The number of hydrogen-bond donors (Lipinski definition) is 1. The van der Waals surface area contributed by atoms with Crippen molar-refractivity contribution in [2.75, 3.05) is 11.9 Å². The van der Waals surface area contributed by atoms with Gasteiger partial charge in [0.15, 0.2) is 0 Å². The fraction of sp³-hybridized carbons (Fsp3) is 0.174. The minimum Gasteiger partial charge on any atom is -0.322 e. The van der Waals surface area contributed by atoms with Gasteiger partial charge >= 0.3 is 0 Å². The van der Waals surface area contributed by atoms with E-state index < -0.39 is 0 Å². The molecule has 3 aromatic carbocycles. The van der Waals surface area contributed by atoms with E-state index >= 15 is 0 Å². The predicted molar refractivity (Wildman–Crippen MR) is 110 cm³/mol. The van der Waals surface area contributed by atoms with Gasteiger partial charge in [-0.25, -0.2) is 4.39 Å². The fourth-order valence-electron chi connectivity index (χ4n) is 3.52. The lowest BCUT2D eigenvalue weighted by Gasteiger charge is -2.29. The molecule has 0 spiro atoms. The van der Waals surface area contributed by atoms with Crippen LogP contribution in [0.4, 0.5) is 10.1 Å². The minimum absolute atomic E-state index is 0.216. The van der Waals surface area contributed by atoms with E-state index in [9.17, 15) is 9.18 Å². The van der Waals surface area contributed by atoms with E-state index in [1.807, 2.05) is 24.3 Å². The van der Waals surface area contributed by atoms with Gasteiger partial charge in [-0.05, 0) is 59.5 Å². The quantitative estimate of drug-likeness (QED) is 0.652. The third-order valence-corrected chi connectivity index (χ3v) is 5.32. The van der Waals surface area contributed by atoms with E-state index in [0.717, 1.165) is 37.3 Å². The number of fused-ring (bicyclic) bond motifs is 1. The summed E-state index contributed by atoms with van der Waals surface area (Å²) >= 11 is 6.12. The van der Waals surface area contributed by atoms with E-state index in [-0.39, 0.29) is 11.7 Å². The fourth-order valence-corrected chi connectivity index (χ4v) is 3.74. The van der Waals surface area contributed by atoms with Crippen LogP contribution in [-0.4, -0.2) is 17.4 Å². The van der Waals surface area contributed by atoms with Crippen LogP contribution in [0.2, 0.25) is 5.02 Å². The maximum atomic E-state index is 13.1. The van der Waals surface area contributed by atoms with Crippen molar-refractivity contribution >= 4 is 23.2 Å². The summed E-state index contributed by atoms with van der Waals surface area (Å²) in [5.41, 5.74) is 4.80. The molecule has 5 heteroatoms. The number of nitrogens with zero attached hydrogens (tertiary/aromatic N) is 1. The number of carbonyl (C=O) groups is 1. The average Bonchev–Trinajstić information content (AvgIpc) is 2.70. The van der Waals surface area contributed by atoms with Crippen molar-refractivity contribution in [2.24, 2.45) is 0 Å². The molecule has 0 aromatic heterocycles. The van der Waals surface area contributed by atoms with Crippen LogP contribution in [-0.2, 0) is 19.5 Å². The van der Waals surface area contributed by atoms with Crippen LogP contribution >= 0.6 is 11.6 Å². The summed E-state index contributed by atoms with van der Waals surface area (Å²) in [4.78, 5) is 14.8. The maximum Gasteiger partial charge on any atom is 0.257 e. The Bertz CT molecular complexity index is 1000. The molecule has 0 fully saturated rings. The molecule has 4 rings (SSSR count). The Morgan fingerprint density at radius 2 is 1.82 bits per heavy atom. The van der Waals surface area contributed by atoms with Gasteiger partial charge in [-0.2, -0.15) is 0 Å². The van der Waals surface area contributed by atoms with Gasteiger partial charge in [0.2, 0.25) is 0 Å². The second-order valence-corrected chi connectivity index (χ2v) is 7.41. The van der Waals surface area contributed by atoms with Crippen LogP contribution in [0, 0.1) is 5.82 Å². The van der Waals surface area contributed by atoms with Gasteiger partial charge in [0.05, 0.1) is 10.6 Å². The first-order valence-electron chi connectivity index (χ1n) is 9.23. The molecule has 1 heterocycles. The van der Waals surface area contributed by atoms with Crippen molar-refractivity contribution in [3.63, 3.8) is 0 Å². The zero-order chi connectivity index (χ0) is 19.5. The standard InChI is InChI=1S/C23H20ClFN2O/c24-22-4-2-1-3-21(22)23(28)26-20-10-7-17-11-12-27(15-18(17)13-20)14-16-5-8-19(25)9-6-16/h1-10,13H,11-12,14-15H2,(H,26,28).